The number of hydrogen-bond acceptors (Lipinski definition) is 5. The van der Waals surface area contributed by atoms with Crippen LogP contribution in [-0.4, -0.2) is 44.4 Å². The normalized spacial score (nSPS) is 13.8. The number of benzene rings is 1. The third-order valence-electron chi connectivity index (χ3n) is 4.57. The van der Waals surface area contributed by atoms with E-state index in [0.717, 1.165) is 41.4 Å². The summed E-state index contributed by atoms with van der Waals surface area (Å²) in [5.74, 6) is 2.18. The number of nitrogens with zero attached hydrogens (tertiary/aromatic N) is 1. The number of methoxy groups -OCH3 is 1. The third kappa shape index (κ3) is 7.11. The second kappa shape index (κ2) is 10.9. The second-order valence-electron chi connectivity index (χ2n) is 7.27. The lowest BCUT2D eigenvalue weighted by Gasteiger charge is -2.24. The van der Waals surface area contributed by atoms with Crippen molar-refractivity contribution in [2.45, 2.75) is 39.8 Å². The number of anilines is 1. The van der Waals surface area contributed by atoms with Gasteiger partial charge in [-0.3, -0.25) is 0 Å². The average molecular weight is 403 g/mol. The largest absolute Gasteiger partial charge is 0.466 e. The lowest BCUT2D eigenvalue weighted by Crippen LogP contribution is -2.44. The SMILES string of the molecule is CCNC(=NCc1ccc(NCCOC)cc1)NCC(C)(O)c1cc(C)oc1C. The van der Waals surface area contributed by atoms with Crippen molar-refractivity contribution in [1.29, 1.82) is 0 Å². The van der Waals surface area contributed by atoms with Gasteiger partial charge in [0.05, 0.1) is 19.7 Å². The summed E-state index contributed by atoms with van der Waals surface area (Å²) in [6, 6.07) is 10.1. The third-order valence-corrected chi connectivity index (χ3v) is 4.57. The smallest absolute Gasteiger partial charge is 0.191 e. The molecule has 4 N–H and O–H groups in total. The lowest BCUT2D eigenvalue weighted by molar-refractivity contribution is 0.0601. The van der Waals surface area contributed by atoms with Crippen LogP contribution in [0.5, 0.6) is 0 Å². The Balaban J connectivity index is 1.96. The molecule has 1 atom stereocenters. The maximum atomic E-state index is 10.9. The molecule has 2 aromatic rings. The number of guanidine groups is 1. The molecule has 0 aliphatic heterocycles. The topological polar surface area (TPSA) is 91.1 Å². The fourth-order valence-corrected chi connectivity index (χ4v) is 3.05. The predicted octanol–water partition coefficient (Wildman–Crippen LogP) is 2.92. The molecule has 0 amide bonds. The fourth-order valence-electron chi connectivity index (χ4n) is 3.05. The van der Waals surface area contributed by atoms with Gasteiger partial charge >= 0.3 is 0 Å². The van der Waals surface area contributed by atoms with E-state index >= 15 is 0 Å². The first-order valence-corrected chi connectivity index (χ1v) is 9.99. The van der Waals surface area contributed by atoms with Crippen LogP contribution in [0.15, 0.2) is 39.7 Å². The van der Waals surface area contributed by atoms with Gasteiger partial charge in [-0.05, 0) is 51.5 Å². The molecule has 0 spiro atoms. The molecule has 0 aliphatic carbocycles. The zero-order chi connectivity index (χ0) is 21.3. The number of furan rings is 1. The molecule has 2 rings (SSSR count). The van der Waals surface area contributed by atoms with Gasteiger partial charge in [0, 0.05) is 31.5 Å². The summed E-state index contributed by atoms with van der Waals surface area (Å²) in [5.41, 5.74) is 1.89. The van der Waals surface area contributed by atoms with Crippen LogP contribution in [0.25, 0.3) is 0 Å². The number of nitrogens with one attached hydrogen (secondary N) is 3. The molecule has 160 valence electrons. The first kappa shape index (κ1) is 22.8. The summed E-state index contributed by atoms with van der Waals surface area (Å²) in [4.78, 5) is 4.63. The van der Waals surface area contributed by atoms with E-state index in [1.54, 1.807) is 14.0 Å². The molecular weight excluding hydrogens is 368 g/mol. The standard InChI is InChI=1S/C22H34N4O3/c1-6-23-21(26-15-22(4,27)20-13-16(2)29-17(20)3)25-14-18-7-9-19(10-8-18)24-11-12-28-5/h7-10,13,24,27H,6,11-12,14-15H2,1-5H3,(H2,23,25,26). The number of hydrogen-bond donors (Lipinski definition) is 4. The summed E-state index contributed by atoms with van der Waals surface area (Å²) in [6.07, 6.45) is 0. The highest BCUT2D eigenvalue weighted by Crippen LogP contribution is 2.26. The summed E-state index contributed by atoms with van der Waals surface area (Å²) in [6.45, 7) is 10.6. The predicted molar refractivity (Wildman–Crippen MR) is 117 cm³/mol. The van der Waals surface area contributed by atoms with E-state index in [2.05, 4.69) is 33.1 Å². The van der Waals surface area contributed by atoms with Gasteiger partial charge in [-0.2, -0.15) is 0 Å². The number of aliphatic imine (C=N–C) groups is 1. The Hall–Kier alpha value is -2.51. The number of aliphatic hydroxyl groups is 1. The van der Waals surface area contributed by atoms with Crippen molar-refractivity contribution < 1.29 is 14.3 Å². The van der Waals surface area contributed by atoms with Gasteiger partial charge in [-0.1, -0.05) is 12.1 Å². The van der Waals surface area contributed by atoms with Crippen LogP contribution in [0.2, 0.25) is 0 Å². The second-order valence-corrected chi connectivity index (χ2v) is 7.27. The van der Waals surface area contributed by atoms with Crippen molar-refractivity contribution in [1.82, 2.24) is 10.6 Å². The van der Waals surface area contributed by atoms with Crippen LogP contribution in [-0.2, 0) is 16.9 Å². The summed E-state index contributed by atoms with van der Waals surface area (Å²) in [5, 5.41) is 20.6. The molecule has 29 heavy (non-hydrogen) atoms. The van der Waals surface area contributed by atoms with Crippen LogP contribution in [0.1, 0.15) is 36.5 Å². The highest BCUT2D eigenvalue weighted by atomic mass is 16.5. The van der Waals surface area contributed by atoms with Gasteiger partial charge in [-0.25, -0.2) is 4.99 Å². The van der Waals surface area contributed by atoms with Crippen LogP contribution in [0, 0.1) is 13.8 Å². The van der Waals surface area contributed by atoms with Gasteiger partial charge in [0.15, 0.2) is 5.96 Å². The van der Waals surface area contributed by atoms with Crippen LogP contribution in [0.4, 0.5) is 5.69 Å². The first-order chi connectivity index (χ1) is 13.9. The van der Waals surface area contributed by atoms with Crippen molar-refractivity contribution in [3.63, 3.8) is 0 Å². The van der Waals surface area contributed by atoms with Gasteiger partial charge < -0.3 is 30.2 Å². The van der Waals surface area contributed by atoms with Crippen LogP contribution in [0.3, 0.4) is 0 Å². The Morgan fingerprint density at radius 1 is 1.21 bits per heavy atom. The quantitative estimate of drug-likeness (QED) is 0.278. The highest BCUT2D eigenvalue weighted by molar-refractivity contribution is 5.79. The van der Waals surface area contributed by atoms with E-state index in [1.165, 1.54) is 0 Å². The molecule has 1 aromatic carbocycles. The zero-order valence-corrected chi connectivity index (χ0v) is 18.1. The van der Waals surface area contributed by atoms with Crippen LogP contribution >= 0.6 is 0 Å². The first-order valence-electron chi connectivity index (χ1n) is 9.99. The Labute approximate surface area is 173 Å². The monoisotopic (exact) mass is 402 g/mol. The number of ether oxygens (including phenoxy) is 1. The molecule has 7 heteroatoms. The Morgan fingerprint density at radius 2 is 1.93 bits per heavy atom. The lowest BCUT2D eigenvalue weighted by atomic mass is 9.96. The van der Waals surface area contributed by atoms with E-state index in [0.29, 0.717) is 25.7 Å². The molecule has 1 unspecified atom stereocenters. The Kier molecular flexibility index (Phi) is 8.54. The summed E-state index contributed by atoms with van der Waals surface area (Å²) < 4.78 is 10.6. The van der Waals surface area contributed by atoms with E-state index in [-0.39, 0.29) is 0 Å². The highest BCUT2D eigenvalue weighted by Gasteiger charge is 2.27. The molecule has 0 fully saturated rings. The van der Waals surface area contributed by atoms with E-state index in [1.807, 2.05) is 39.0 Å². The van der Waals surface area contributed by atoms with E-state index in [4.69, 9.17) is 9.15 Å². The fraction of sp³-hybridized carbons (Fsp3) is 0.500. The molecule has 0 radical (unpaired) electrons. The Bertz CT molecular complexity index is 782. The number of aryl methyl sites for hydroxylation is 2. The van der Waals surface area contributed by atoms with Crippen molar-refractivity contribution in [2.24, 2.45) is 4.99 Å². The van der Waals surface area contributed by atoms with E-state index < -0.39 is 5.60 Å². The van der Waals surface area contributed by atoms with Gasteiger partial charge in [-0.15, -0.1) is 0 Å². The molecule has 0 bridgehead atoms. The minimum Gasteiger partial charge on any atom is -0.466 e. The summed E-state index contributed by atoms with van der Waals surface area (Å²) >= 11 is 0. The van der Waals surface area contributed by atoms with E-state index in [9.17, 15) is 5.11 Å². The van der Waals surface area contributed by atoms with Crippen molar-refractivity contribution in [3.05, 3.63) is 53.0 Å². The maximum Gasteiger partial charge on any atom is 0.191 e. The Morgan fingerprint density at radius 3 is 2.52 bits per heavy atom. The summed E-state index contributed by atoms with van der Waals surface area (Å²) in [7, 11) is 1.69. The average Bonchev–Trinajstić information content (AvgIpc) is 3.04. The van der Waals surface area contributed by atoms with Crippen molar-refractivity contribution in [2.75, 3.05) is 38.7 Å². The molecule has 1 heterocycles. The number of rotatable bonds is 10. The molecule has 1 aromatic heterocycles. The molecule has 0 aliphatic rings. The van der Waals surface area contributed by atoms with Gasteiger partial charge in [0.25, 0.3) is 0 Å². The van der Waals surface area contributed by atoms with Crippen molar-refractivity contribution in [3.8, 4) is 0 Å². The molecule has 0 saturated heterocycles. The van der Waals surface area contributed by atoms with Crippen LogP contribution < -0.4 is 16.0 Å². The zero-order valence-electron chi connectivity index (χ0n) is 18.1. The maximum absolute atomic E-state index is 10.9. The van der Waals surface area contributed by atoms with Gasteiger partial charge in [0.1, 0.15) is 17.1 Å². The minimum atomic E-state index is -1.06. The molecule has 7 nitrogen and oxygen atoms in total. The minimum absolute atomic E-state index is 0.320. The molecule has 0 saturated carbocycles. The van der Waals surface area contributed by atoms with Gasteiger partial charge in [0.2, 0.25) is 0 Å². The molecular formula is C22H34N4O3. The van der Waals surface area contributed by atoms with Crippen molar-refractivity contribution >= 4 is 11.6 Å².